The molecule has 1 N–H and O–H groups in total. The molecule has 1 spiro atoms. The number of sulfone groups is 1. The molecule has 88 valence electrons. The van der Waals surface area contributed by atoms with Gasteiger partial charge in [0, 0.05) is 6.26 Å². The molecule has 2 saturated carbocycles. The zero-order chi connectivity index (χ0) is 11.1. The predicted molar refractivity (Wildman–Crippen MR) is 61.6 cm³/mol. The molecule has 0 aromatic carbocycles. The van der Waals surface area contributed by atoms with Gasteiger partial charge in [-0.05, 0) is 43.7 Å². The second-order valence-corrected chi connectivity index (χ2v) is 7.38. The lowest BCUT2D eigenvalue weighted by Crippen LogP contribution is -2.29. The molecule has 0 heterocycles. The molecule has 0 saturated heterocycles. The molecular formula is C11H21NO2S. The van der Waals surface area contributed by atoms with Crippen molar-refractivity contribution in [1.29, 1.82) is 0 Å². The molecule has 3 nitrogen and oxygen atoms in total. The van der Waals surface area contributed by atoms with Crippen LogP contribution in [0.1, 0.15) is 32.6 Å². The Hall–Kier alpha value is -0.0900. The van der Waals surface area contributed by atoms with Crippen LogP contribution in [0.4, 0.5) is 0 Å². The van der Waals surface area contributed by atoms with Crippen molar-refractivity contribution in [2.24, 2.45) is 11.3 Å². The van der Waals surface area contributed by atoms with Gasteiger partial charge in [0.25, 0.3) is 0 Å². The highest BCUT2D eigenvalue weighted by atomic mass is 32.2. The Morgan fingerprint density at radius 3 is 2.80 bits per heavy atom. The number of hydrogen-bond donors (Lipinski definition) is 1. The van der Waals surface area contributed by atoms with E-state index in [1.807, 2.05) is 0 Å². The summed E-state index contributed by atoms with van der Waals surface area (Å²) in [4.78, 5) is 0. The first-order valence-electron chi connectivity index (χ1n) is 5.90. The molecule has 2 rings (SSSR count). The maximum absolute atomic E-state index is 11.7. The van der Waals surface area contributed by atoms with E-state index in [0.29, 0.717) is 5.92 Å². The minimum absolute atomic E-state index is 0.0475. The normalized spacial score (nSPS) is 39.9. The first-order valence-corrected chi connectivity index (χ1v) is 7.86. The zero-order valence-corrected chi connectivity index (χ0v) is 10.4. The minimum Gasteiger partial charge on any atom is -0.317 e. The lowest BCUT2D eigenvalue weighted by Gasteiger charge is -2.18. The van der Waals surface area contributed by atoms with E-state index in [-0.39, 0.29) is 10.7 Å². The van der Waals surface area contributed by atoms with E-state index in [1.165, 1.54) is 6.26 Å². The smallest absolute Gasteiger partial charge is 0.150 e. The summed E-state index contributed by atoms with van der Waals surface area (Å²) in [5.41, 5.74) is 0.162. The fourth-order valence-corrected chi connectivity index (χ4v) is 5.25. The number of hydrogen-bond acceptors (Lipinski definition) is 3. The van der Waals surface area contributed by atoms with Crippen molar-refractivity contribution < 1.29 is 8.42 Å². The van der Waals surface area contributed by atoms with Crippen LogP contribution in [0, 0.1) is 11.3 Å². The van der Waals surface area contributed by atoms with Crippen molar-refractivity contribution in [3.63, 3.8) is 0 Å². The Morgan fingerprint density at radius 2 is 2.20 bits per heavy atom. The van der Waals surface area contributed by atoms with Gasteiger partial charge in [-0.2, -0.15) is 0 Å². The van der Waals surface area contributed by atoms with Crippen molar-refractivity contribution >= 4 is 9.84 Å². The van der Waals surface area contributed by atoms with Crippen LogP contribution in [0.15, 0.2) is 0 Å². The second kappa shape index (κ2) is 3.74. The molecule has 0 aromatic rings. The average molecular weight is 231 g/mol. The van der Waals surface area contributed by atoms with Crippen molar-refractivity contribution in [3.05, 3.63) is 0 Å². The molecule has 0 amide bonds. The first-order chi connectivity index (χ1) is 7.00. The standard InChI is InChI=1S/C11H21NO2S/c1-3-12-8-9-7-11(9)6-4-5-10(11)15(2,13)14/h9-10,12H,3-8H2,1-2H3. The van der Waals surface area contributed by atoms with Crippen LogP contribution in [-0.4, -0.2) is 33.0 Å². The summed E-state index contributed by atoms with van der Waals surface area (Å²) in [6.07, 6.45) is 5.65. The molecule has 3 unspecified atom stereocenters. The van der Waals surface area contributed by atoms with E-state index in [0.717, 1.165) is 38.8 Å². The monoisotopic (exact) mass is 231 g/mol. The predicted octanol–water partition coefficient (Wildman–Crippen LogP) is 1.20. The Kier molecular flexibility index (Phi) is 2.84. The Balaban J connectivity index is 2.04. The van der Waals surface area contributed by atoms with Crippen molar-refractivity contribution in [3.8, 4) is 0 Å². The van der Waals surface area contributed by atoms with Gasteiger partial charge in [-0.15, -0.1) is 0 Å². The van der Waals surface area contributed by atoms with Crippen LogP contribution in [0.25, 0.3) is 0 Å². The number of rotatable bonds is 4. The van der Waals surface area contributed by atoms with Crippen LogP contribution in [0.2, 0.25) is 0 Å². The molecule has 2 fully saturated rings. The molecular weight excluding hydrogens is 210 g/mol. The molecule has 0 radical (unpaired) electrons. The third-order valence-electron chi connectivity index (χ3n) is 4.19. The van der Waals surface area contributed by atoms with Gasteiger partial charge >= 0.3 is 0 Å². The van der Waals surface area contributed by atoms with Crippen molar-refractivity contribution in [2.75, 3.05) is 19.3 Å². The van der Waals surface area contributed by atoms with Gasteiger partial charge in [-0.25, -0.2) is 8.42 Å². The molecule has 0 aliphatic heterocycles. The highest BCUT2D eigenvalue weighted by molar-refractivity contribution is 7.91. The summed E-state index contributed by atoms with van der Waals surface area (Å²) in [6.45, 7) is 4.08. The number of nitrogens with one attached hydrogen (secondary N) is 1. The summed E-state index contributed by atoms with van der Waals surface area (Å²) < 4.78 is 23.4. The largest absolute Gasteiger partial charge is 0.317 e. The summed E-state index contributed by atoms with van der Waals surface area (Å²) in [5.74, 6) is 0.611. The van der Waals surface area contributed by atoms with Gasteiger partial charge in [-0.1, -0.05) is 13.3 Å². The van der Waals surface area contributed by atoms with Crippen LogP contribution in [0.5, 0.6) is 0 Å². The fourth-order valence-electron chi connectivity index (χ4n) is 3.40. The Labute approximate surface area is 92.6 Å². The lowest BCUT2D eigenvalue weighted by atomic mass is 10.0. The topological polar surface area (TPSA) is 46.2 Å². The summed E-state index contributed by atoms with van der Waals surface area (Å²) in [5, 5.41) is 3.29. The maximum atomic E-state index is 11.7. The first kappa shape index (κ1) is 11.4. The van der Waals surface area contributed by atoms with E-state index in [9.17, 15) is 8.42 Å². The van der Waals surface area contributed by atoms with Gasteiger partial charge in [0.15, 0.2) is 9.84 Å². The molecule has 0 bridgehead atoms. The third kappa shape index (κ3) is 1.94. The highest BCUT2D eigenvalue weighted by Gasteiger charge is 2.62. The van der Waals surface area contributed by atoms with Gasteiger partial charge in [0.2, 0.25) is 0 Å². The minimum atomic E-state index is -2.83. The molecule has 15 heavy (non-hydrogen) atoms. The summed E-state index contributed by atoms with van der Waals surface area (Å²) in [7, 11) is -2.83. The highest BCUT2D eigenvalue weighted by Crippen LogP contribution is 2.64. The molecule has 2 aliphatic carbocycles. The van der Waals surface area contributed by atoms with Gasteiger partial charge in [0.1, 0.15) is 0 Å². The molecule has 2 aliphatic rings. The molecule has 0 aromatic heterocycles. The van der Waals surface area contributed by atoms with Crippen molar-refractivity contribution in [1.82, 2.24) is 5.32 Å². The van der Waals surface area contributed by atoms with Gasteiger partial charge in [0.05, 0.1) is 5.25 Å². The van der Waals surface area contributed by atoms with Crippen LogP contribution in [-0.2, 0) is 9.84 Å². The van der Waals surface area contributed by atoms with Gasteiger partial charge in [-0.3, -0.25) is 0 Å². The van der Waals surface area contributed by atoms with Gasteiger partial charge < -0.3 is 5.32 Å². The van der Waals surface area contributed by atoms with E-state index in [4.69, 9.17) is 0 Å². The zero-order valence-electron chi connectivity index (χ0n) is 9.62. The molecule has 4 heteroatoms. The Bertz CT molecular complexity index is 338. The third-order valence-corrected chi connectivity index (χ3v) is 5.93. The average Bonchev–Trinajstić information content (AvgIpc) is 2.59. The summed E-state index contributed by atoms with van der Waals surface area (Å²) >= 11 is 0. The summed E-state index contributed by atoms with van der Waals surface area (Å²) in [6, 6.07) is 0. The lowest BCUT2D eigenvalue weighted by molar-refractivity contribution is 0.447. The fraction of sp³-hybridized carbons (Fsp3) is 1.00. The molecule has 3 atom stereocenters. The van der Waals surface area contributed by atoms with Crippen LogP contribution in [0.3, 0.4) is 0 Å². The van der Waals surface area contributed by atoms with E-state index in [1.54, 1.807) is 0 Å². The second-order valence-electron chi connectivity index (χ2n) is 5.15. The van der Waals surface area contributed by atoms with Crippen LogP contribution >= 0.6 is 0 Å². The SMILES string of the molecule is CCNCC1CC12CCCC2S(C)(=O)=O. The quantitative estimate of drug-likeness (QED) is 0.791. The van der Waals surface area contributed by atoms with Crippen LogP contribution < -0.4 is 5.32 Å². The van der Waals surface area contributed by atoms with E-state index >= 15 is 0 Å². The van der Waals surface area contributed by atoms with E-state index < -0.39 is 9.84 Å². The van der Waals surface area contributed by atoms with E-state index in [2.05, 4.69) is 12.2 Å². The Morgan fingerprint density at radius 1 is 1.47 bits per heavy atom. The van der Waals surface area contributed by atoms with Crippen molar-refractivity contribution in [2.45, 2.75) is 37.9 Å². The maximum Gasteiger partial charge on any atom is 0.150 e.